The molecule has 3 nitrogen and oxygen atoms in total. The van der Waals surface area contributed by atoms with E-state index in [1.165, 1.54) is 0 Å². The molecule has 2 aromatic carbocycles. The van der Waals surface area contributed by atoms with E-state index in [9.17, 15) is 4.79 Å². The van der Waals surface area contributed by atoms with Gasteiger partial charge in [-0.2, -0.15) is 0 Å². The summed E-state index contributed by atoms with van der Waals surface area (Å²) in [6.07, 6.45) is 0. The van der Waals surface area contributed by atoms with Crippen molar-refractivity contribution in [3.8, 4) is 0 Å². The Labute approximate surface area is 127 Å². The molecular formula is C16H17BrN2O. The van der Waals surface area contributed by atoms with Gasteiger partial charge in [0.05, 0.1) is 11.3 Å². The molecular weight excluding hydrogens is 316 g/mol. The number of amides is 1. The molecule has 0 heterocycles. The van der Waals surface area contributed by atoms with Gasteiger partial charge in [-0.3, -0.25) is 4.79 Å². The Kier molecular flexibility index (Phi) is 4.45. The lowest BCUT2D eigenvalue weighted by atomic mass is 10.1. The molecule has 0 fully saturated rings. The third kappa shape index (κ3) is 3.20. The highest BCUT2D eigenvalue weighted by atomic mass is 79.9. The van der Waals surface area contributed by atoms with Crippen LogP contribution in [0.15, 0.2) is 40.9 Å². The zero-order valence-electron chi connectivity index (χ0n) is 11.8. The standard InChI is InChI=1S/C16H17BrN2O/c1-10-5-7-14(18-3)12(8-10)16(20)19-15-9-11(2)4-6-13(15)17/h4-9,18H,1-3H3,(H,19,20). The van der Waals surface area contributed by atoms with Gasteiger partial charge < -0.3 is 10.6 Å². The van der Waals surface area contributed by atoms with Crippen LogP contribution in [0.3, 0.4) is 0 Å². The predicted molar refractivity (Wildman–Crippen MR) is 87.6 cm³/mol. The molecule has 0 aliphatic rings. The average molecular weight is 333 g/mol. The van der Waals surface area contributed by atoms with Crippen LogP contribution in [0.1, 0.15) is 21.5 Å². The van der Waals surface area contributed by atoms with E-state index in [4.69, 9.17) is 0 Å². The normalized spacial score (nSPS) is 10.2. The molecule has 104 valence electrons. The molecule has 2 N–H and O–H groups in total. The molecule has 20 heavy (non-hydrogen) atoms. The summed E-state index contributed by atoms with van der Waals surface area (Å²) in [6.45, 7) is 3.96. The van der Waals surface area contributed by atoms with Crippen molar-refractivity contribution in [3.05, 3.63) is 57.6 Å². The fraction of sp³-hybridized carbons (Fsp3) is 0.188. The number of rotatable bonds is 3. The Morgan fingerprint density at radius 1 is 1.00 bits per heavy atom. The van der Waals surface area contributed by atoms with E-state index < -0.39 is 0 Å². The van der Waals surface area contributed by atoms with Crippen molar-refractivity contribution in [2.75, 3.05) is 17.7 Å². The fourth-order valence-electron chi connectivity index (χ4n) is 1.99. The van der Waals surface area contributed by atoms with Crippen LogP contribution in [0, 0.1) is 13.8 Å². The maximum Gasteiger partial charge on any atom is 0.257 e. The largest absolute Gasteiger partial charge is 0.387 e. The van der Waals surface area contributed by atoms with Gasteiger partial charge in [0.1, 0.15) is 0 Å². The second kappa shape index (κ2) is 6.09. The molecule has 0 aliphatic heterocycles. The average Bonchev–Trinajstić information content (AvgIpc) is 2.42. The first kappa shape index (κ1) is 14.6. The molecule has 2 rings (SSSR count). The van der Waals surface area contributed by atoms with Crippen molar-refractivity contribution in [3.63, 3.8) is 0 Å². The second-order valence-electron chi connectivity index (χ2n) is 4.74. The van der Waals surface area contributed by atoms with Gasteiger partial charge in [-0.25, -0.2) is 0 Å². The summed E-state index contributed by atoms with van der Waals surface area (Å²) >= 11 is 3.45. The molecule has 0 saturated carbocycles. The highest BCUT2D eigenvalue weighted by molar-refractivity contribution is 9.10. The lowest BCUT2D eigenvalue weighted by Gasteiger charge is -2.12. The first-order valence-electron chi connectivity index (χ1n) is 6.37. The van der Waals surface area contributed by atoms with Crippen LogP contribution in [-0.2, 0) is 0 Å². The Morgan fingerprint density at radius 2 is 1.65 bits per heavy atom. The number of hydrogen-bond acceptors (Lipinski definition) is 2. The Hall–Kier alpha value is -1.81. The smallest absolute Gasteiger partial charge is 0.257 e. The molecule has 0 atom stereocenters. The first-order chi connectivity index (χ1) is 9.51. The molecule has 2 aromatic rings. The minimum Gasteiger partial charge on any atom is -0.387 e. The van der Waals surface area contributed by atoms with Crippen LogP contribution in [0.4, 0.5) is 11.4 Å². The van der Waals surface area contributed by atoms with Crippen LogP contribution in [0.5, 0.6) is 0 Å². The molecule has 0 radical (unpaired) electrons. The maximum atomic E-state index is 12.4. The highest BCUT2D eigenvalue weighted by Crippen LogP contribution is 2.25. The van der Waals surface area contributed by atoms with E-state index in [0.717, 1.165) is 27.0 Å². The van der Waals surface area contributed by atoms with Crippen molar-refractivity contribution >= 4 is 33.2 Å². The monoisotopic (exact) mass is 332 g/mol. The zero-order valence-corrected chi connectivity index (χ0v) is 13.3. The molecule has 0 unspecified atom stereocenters. The molecule has 1 amide bonds. The van der Waals surface area contributed by atoms with Gasteiger partial charge in [-0.15, -0.1) is 0 Å². The van der Waals surface area contributed by atoms with E-state index in [2.05, 4.69) is 26.6 Å². The van der Waals surface area contributed by atoms with E-state index >= 15 is 0 Å². The molecule has 4 heteroatoms. The van der Waals surface area contributed by atoms with Crippen LogP contribution in [0.2, 0.25) is 0 Å². The summed E-state index contributed by atoms with van der Waals surface area (Å²) in [4.78, 5) is 12.4. The summed E-state index contributed by atoms with van der Waals surface area (Å²) in [5.41, 5.74) is 4.38. The van der Waals surface area contributed by atoms with Gasteiger partial charge in [0.15, 0.2) is 0 Å². The van der Waals surface area contributed by atoms with Gasteiger partial charge in [-0.05, 0) is 59.6 Å². The summed E-state index contributed by atoms with van der Waals surface area (Å²) in [7, 11) is 1.81. The third-order valence-electron chi connectivity index (χ3n) is 3.06. The van der Waals surface area contributed by atoms with Crippen molar-refractivity contribution in [2.24, 2.45) is 0 Å². The minimum absolute atomic E-state index is 0.121. The summed E-state index contributed by atoms with van der Waals surface area (Å²) in [6, 6.07) is 11.6. The van der Waals surface area contributed by atoms with E-state index in [-0.39, 0.29) is 5.91 Å². The lowest BCUT2D eigenvalue weighted by Crippen LogP contribution is -2.14. The molecule has 0 aromatic heterocycles. The number of carbonyl (C=O) groups excluding carboxylic acids is 1. The lowest BCUT2D eigenvalue weighted by molar-refractivity contribution is 0.102. The Morgan fingerprint density at radius 3 is 2.35 bits per heavy atom. The molecule has 0 spiro atoms. The molecule has 0 bridgehead atoms. The van der Waals surface area contributed by atoms with E-state index in [0.29, 0.717) is 5.56 Å². The number of halogens is 1. The highest BCUT2D eigenvalue weighted by Gasteiger charge is 2.12. The summed E-state index contributed by atoms with van der Waals surface area (Å²) in [5.74, 6) is -0.121. The summed E-state index contributed by atoms with van der Waals surface area (Å²) in [5, 5.41) is 5.99. The zero-order chi connectivity index (χ0) is 14.7. The molecule has 0 aliphatic carbocycles. The van der Waals surface area contributed by atoms with Crippen molar-refractivity contribution in [1.29, 1.82) is 0 Å². The number of hydrogen-bond donors (Lipinski definition) is 2. The Balaban J connectivity index is 2.32. The van der Waals surface area contributed by atoms with Crippen molar-refractivity contribution < 1.29 is 4.79 Å². The topological polar surface area (TPSA) is 41.1 Å². The second-order valence-corrected chi connectivity index (χ2v) is 5.59. The first-order valence-corrected chi connectivity index (χ1v) is 7.16. The number of benzene rings is 2. The minimum atomic E-state index is -0.121. The number of anilines is 2. The van der Waals surface area contributed by atoms with Crippen LogP contribution in [0.25, 0.3) is 0 Å². The number of carbonyl (C=O) groups is 1. The number of aryl methyl sites for hydroxylation is 2. The summed E-state index contributed by atoms with van der Waals surface area (Å²) < 4.78 is 0.870. The number of nitrogens with one attached hydrogen (secondary N) is 2. The predicted octanol–water partition coefficient (Wildman–Crippen LogP) is 4.36. The van der Waals surface area contributed by atoms with Gasteiger partial charge in [0, 0.05) is 17.2 Å². The van der Waals surface area contributed by atoms with Gasteiger partial charge in [-0.1, -0.05) is 17.7 Å². The Bertz CT molecular complexity index is 653. The quantitative estimate of drug-likeness (QED) is 0.876. The van der Waals surface area contributed by atoms with Gasteiger partial charge >= 0.3 is 0 Å². The van der Waals surface area contributed by atoms with Crippen LogP contribution >= 0.6 is 15.9 Å². The van der Waals surface area contributed by atoms with Crippen LogP contribution in [-0.4, -0.2) is 13.0 Å². The maximum absolute atomic E-state index is 12.4. The van der Waals surface area contributed by atoms with E-state index in [1.54, 1.807) is 0 Å². The van der Waals surface area contributed by atoms with Gasteiger partial charge in [0.25, 0.3) is 5.91 Å². The van der Waals surface area contributed by atoms with Crippen molar-refractivity contribution in [1.82, 2.24) is 0 Å². The van der Waals surface area contributed by atoms with Gasteiger partial charge in [0.2, 0.25) is 0 Å². The third-order valence-corrected chi connectivity index (χ3v) is 3.75. The van der Waals surface area contributed by atoms with Crippen molar-refractivity contribution in [2.45, 2.75) is 13.8 Å². The molecule has 0 saturated heterocycles. The van der Waals surface area contributed by atoms with Crippen LogP contribution < -0.4 is 10.6 Å². The van der Waals surface area contributed by atoms with E-state index in [1.807, 2.05) is 57.3 Å². The SMILES string of the molecule is CNc1ccc(C)cc1C(=O)Nc1cc(C)ccc1Br. The fourth-order valence-corrected chi connectivity index (χ4v) is 2.33.